The van der Waals surface area contributed by atoms with Gasteiger partial charge in [-0.05, 0) is 11.3 Å². The highest BCUT2D eigenvalue weighted by atomic mass is 35.7. The molecule has 2 aromatic rings. The molecule has 0 aliphatic heterocycles. The van der Waals surface area contributed by atoms with Gasteiger partial charge in [0.05, 0.1) is 7.05 Å². The topological polar surface area (TPSA) is 87.0 Å². The highest BCUT2D eigenvalue weighted by Gasteiger charge is 2.23. The summed E-state index contributed by atoms with van der Waals surface area (Å²) in [5.74, 6) is -2.90. The second kappa shape index (κ2) is 5.29. The maximum absolute atomic E-state index is 13.6. The number of hydrogen-bond donors (Lipinski definition) is 0. The minimum Gasteiger partial charge on any atom is -0.481 e. The summed E-state index contributed by atoms with van der Waals surface area (Å²) in [5.41, 5.74) is 0. The zero-order chi connectivity index (χ0) is 14.9. The minimum absolute atomic E-state index is 0.0918. The van der Waals surface area contributed by atoms with Crippen LogP contribution in [0.5, 0.6) is 5.75 Å². The van der Waals surface area contributed by atoms with Gasteiger partial charge >= 0.3 is 0 Å². The van der Waals surface area contributed by atoms with E-state index in [1.165, 1.54) is 7.05 Å². The number of benzene rings is 1. The van der Waals surface area contributed by atoms with Gasteiger partial charge in [0.15, 0.2) is 18.2 Å². The first kappa shape index (κ1) is 14.6. The lowest BCUT2D eigenvalue weighted by Crippen LogP contribution is -2.05. The molecule has 1 heterocycles. The van der Waals surface area contributed by atoms with E-state index in [0.717, 1.165) is 4.80 Å². The Morgan fingerprint density at radius 1 is 1.40 bits per heavy atom. The van der Waals surface area contributed by atoms with E-state index in [2.05, 4.69) is 15.4 Å². The van der Waals surface area contributed by atoms with E-state index in [0.29, 0.717) is 12.1 Å². The molecule has 0 saturated carbocycles. The monoisotopic (exact) mass is 324 g/mol. The van der Waals surface area contributed by atoms with Gasteiger partial charge in [-0.2, -0.15) is 4.80 Å². The molecule has 0 bridgehead atoms. The summed E-state index contributed by atoms with van der Waals surface area (Å²) in [6, 6.07) is 1.04. The van der Waals surface area contributed by atoms with Crippen LogP contribution in [0.15, 0.2) is 17.0 Å². The van der Waals surface area contributed by atoms with E-state index in [-0.39, 0.29) is 12.4 Å². The Morgan fingerprint density at radius 3 is 2.65 bits per heavy atom. The quantitative estimate of drug-likeness (QED) is 0.780. The fourth-order valence-electron chi connectivity index (χ4n) is 1.38. The number of aromatic nitrogens is 4. The van der Waals surface area contributed by atoms with Crippen LogP contribution in [0.2, 0.25) is 0 Å². The number of rotatable bonds is 4. The zero-order valence-corrected chi connectivity index (χ0v) is 11.5. The third-order valence-electron chi connectivity index (χ3n) is 2.13. The average molecular weight is 325 g/mol. The molecule has 0 amide bonds. The van der Waals surface area contributed by atoms with Crippen LogP contribution in [0.25, 0.3) is 0 Å². The van der Waals surface area contributed by atoms with Crippen LogP contribution < -0.4 is 4.74 Å². The Labute approximate surface area is 116 Å². The van der Waals surface area contributed by atoms with Gasteiger partial charge in [-0.25, -0.2) is 17.2 Å². The summed E-state index contributed by atoms with van der Waals surface area (Å²) < 4.78 is 54.2. The van der Waals surface area contributed by atoms with Crippen molar-refractivity contribution >= 4 is 19.7 Å². The molecule has 1 aromatic heterocycles. The van der Waals surface area contributed by atoms with Crippen molar-refractivity contribution in [1.82, 2.24) is 20.2 Å². The van der Waals surface area contributed by atoms with E-state index >= 15 is 0 Å². The highest BCUT2D eigenvalue weighted by molar-refractivity contribution is 8.13. The number of aryl methyl sites for hydroxylation is 1. The van der Waals surface area contributed by atoms with Crippen LogP contribution in [0.4, 0.5) is 8.78 Å². The van der Waals surface area contributed by atoms with Gasteiger partial charge in [-0.1, -0.05) is 0 Å². The summed E-state index contributed by atoms with van der Waals surface area (Å²) in [7, 11) is 2.24. The average Bonchev–Trinajstić information content (AvgIpc) is 2.72. The molecule has 2 rings (SSSR count). The van der Waals surface area contributed by atoms with Crippen molar-refractivity contribution in [3.8, 4) is 5.75 Å². The Kier molecular flexibility index (Phi) is 3.86. The van der Waals surface area contributed by atoms with Crippen molar-refractivity contribution in [3.63, 3.8) is 0 Å². The lowest BCUT2D eigenvalue weighted by molar-refractivity contribution is 0.271. The van der Waals surface area contributed by atoms with E-state index in [1.54, 1.807) is 0 Å². The summed E-state index contributed by atoms with van der Waals surface area (Å²) >= 11 is 0. The normalized spacial score (nSPS) is 11.6. The Hall–Kier alpha value is -1.81. The van der Waals surface area contributed by atoms with Gasteiger partial charge in [0.25, 0.3) is 9.05 Å². The summed E-state index contributed by atoms with van der Waals surface area (Å²) in [5, 5.41) is 10.8. The van der Waals surface area contributed by atoms with Gasteiger partial charge in [0.2, 0.25) is 5.82 Å². The lowest BCUT2D eigenvalue weighted by Gasteiger charge is -2.09. The number of halogens is 3. The Bertz CT molecular complexity index is 750. The maximum atomic E-state index is 13.6. The first-order valence-corrected chi connectivity index (χ1v) is 7.37. The van der Waals surface area contributed by atoms with Crippen LogP contribution in [0, 0.1) is 11.6 Å². The molecule has 1 aromatic carbocycles. The fraction of sp³-hybridized carbons (Fsp3) is 0.222. The molecule has 0 radical (unpaired) electrons. The third kappa shape index (κ3) is 3.20. The predicted octanol–water partition coefficient (Wildman–Crippen LogP) is 0.995. The first-order valence-electron chi connectivity index (χ1n) is 5.07. The van der Waals surface area contributed by atoms with Crippen molar-refractivity contribution in [2.75, 3.05) is 0 Å². The van der Waals surface area contributed by atoms with E-state index in [1.807, 2.05) is 0 Å². The van der Waals surface area contributed by atoms with Gasteiger partial charge < -0.3 is 4.74 Å². The number of nitrogens with zero attached hydrogens (tertiary/aromatic N) is 4. The Morgan fingerprint density at radius 2 is 2.10 bits per heavy atom. The molecule has 108 valence electrons. The molecule has 0 unspecified atom stereocenters. The molecule has 20 heavy (non-hydrogen) atoms. The molecular weight excluding hydrogens is 318 g/mol. The summed E-state index contributed by atoms with van der Waals surface area (Å²) in [4.78, 5) is 0.333. The van der Waals surface area contributed by atoms with Gasteiger partial charge in [0, 0.05) is 16.7 Å². The standard InChI is InChI=1S/C9H7ClF2N4O3S/c1-16-14-8(13-15-16)4-19-9-6(12)2-5(11)3-7(9)20(10,17)18/h2-3H,4H2,1H3. The van der Waals surface area contributed by atoms with Crippen molar-refractivity contribution in [2.24, 2.45) is 7.05 Å². The number of ether oxygens (including phenoxy) is 1. The predicted molar refractivity (Wildman–Crippen MR) is 62.5 cm³/mol. The molecular formula is C9H7ClF2N4O3S. The zero-order valence-electron chi connectivity index (χ0n) is 9.92. The first-order chi connectivity index (χ1) is 9.27. The van der Waals surface area contributed by atoms with Crippen LogP contribution >= 0.6 is 10.7 Å². The van der Waals surface area contributed by atoms with Crippen molar-refractivity contribution < 1.29 is 21.9 Å². The SMILES string of the molecule is Cn1nnc(COc2c(F)cc(F)cc2S(=O)(=O)Cl)n1. The molecule has 0 atom stereocenters. The van der Waals surface area contributed by atoms with Gasteiger partial charge in [0.1, 0.15) is 10.7 Å². The van der Waals surface area contributed by atoms with E-state index < -0.39 is 31.3 Å². The van der Waals surface area contributed by atoms with Crippen LogP contribution in [0.3, 0.4) is 0 Å². The molecule has 0 fully saturated rings. The molecule has 0 saturated heterocycles. The molecule has 7 nitrogen and oxygen atoms in total. The molecule has 0 aliphatic carbocycles. The molecule has 11 heteroatoms. The van der Waals surface area contributed by atoms with Crippen molar-refractivity contribution in [3.05, 3.63) is 29.6 Å². The van der Waals surface area contributed by atoms with E-state index in [4.69, 9.17) is 15.4 Å². The van der Waals surface area contributed by atoms with Crippen LogP contribution in [-0.2, 0) is 22.7 Å². The number of hydrogen-bond acceptors (Lipinski definition) is 6. The van der Waals surface area contributed by atoms with Gasteiger partial charge in [-0.15, -0.1) is 10.2 Å². The molecule has 0 N–H and O–H groups in total. The van der Waals surface area contributed by atoms with E-state index in [9.17, 15) is 17.2 Å². The molecule has 0 spiro atoms. The van der Waals surface area contributed by atoms with Crippen LogP contribution in [-0.4, -0.2) is 28.6 Å². The Balaban J connectivity index is 2.35. The van der Waals surface area contributed by atoms with Crippen molar-refractivity contribution in [2.45, 2.75) is 11.5 Å². The second-order valence-corrected chi connectivity index (χ2v) is 6.17. The molecule has 0 aliphatic rings. The summed E-state index contributed by atoms with van der Waals surface area (Å²) in [6.07, 6.45) is 0. The minimum atomic E-state index is -4.37. The fourth-order valence-corrected chi connectivity index (χ4v) is 2.35. The second-order valence-electron chi connectivity index (χ2n) is 3.64. The lowest BCUT2D eigenvalue weighted by atomic mass is 10.3. The van der Waals surface area contributed by atoms with Gasteiger partial charge in [-0.3, -0.25) is 0 Å². The number of tetrazole rings is 1. The third-order valence-corrected chi connectivity index (χ3v) is 3.46. The van der Waals surface area contributed by atoms with Crippen LogP contribution in [0.1, 0.15) is 5.82 Å². The summed E-state index contributed by atoms with van der Waals surface area (Å²) in [6.45, 7) is -0.351. The largest absolute Gasteiger partial charge is 0.481 e. The smallest absolute Gasteiger partial charge is 0.265 e. The van der Waals surface area contributed by atoms with Crippen molar-refractivity contribution in [1.29, 1.82) is 0 Å². The maximum Gasteiger partial charge on any atom is 0.265 e. The highest BCUT2D eigenvalue weighted by Crippen LogP contribution is 2.31.